The van der Waals surface area contributed by atoms with Crippen LogP contribution in [0.1, 0.15) is 20.8 Å². The highest BCUT2D eigenvalue weighted by Crippen LogP contribution is 2.36. The van der Waals surface area contributed by atoms with Crippen molar-refractivity contribution in [1.82, 2.24) is 9.38 Å². The number of hydrogen-bond acceptors (Lipinski definition) is 5. The third-order valence-corrected chi connectivity index (χ3v) is 4.84. The van der Waals surface area contributed by atoms with Gasteiger partial charge in [0.2, 0.25) is 0 Å². The highest BCUT2D eigenvalue weighted by Gasteiger charge is 2.16. The van der Waals surface area contributed by atoms with Crippen LogP contribution in [0.2, 0.25) is 0 Å². The summed E-state index contributed by atoms with van der Waals surface area (Å²) in [5.74, 6) is 0.355. The maximum atomic E-state index is 14.3. The lowest BCUT2D eigenvalue weighted by Gasteiger charge is -2.14. The first-order chi connectivity index (χ1) is 12.4. The normalized spacial score (nSPS) is 11.3. The summed E-state index contributed by atoms with van der Waals surface area (Å²) in [7, 11) is 1.40. The Morgan fingerprint density at radius 3 is 2.69 bits per heavy atom. The molecule has 0 fully saturated rings. The zero-order valence-corrected chi connectivity index (χ0v) is 16.1. The number of nitrogens with zero attached hydrogens (tertiary/aromatic N) is 2. The van der Waals surface area contributed by atoms with Crippen LogP contribution in [0.15, 0.2) is 35.5 Å². The number of imidazole rings is 1. The molecule has 0 aliphatic rings. The van der Waals surface area contributed by atoms with Gasteiger partial charge in [0.05, 0.1) is 36.2 Å². The summed E-state index contributed by atoms with van der Waals surface area (Å²) in [5, 5.41) is 0.396. The molecule has 3 rings (SSSR count). The van der Waals surface area contributed by atoms with Gasteiger partial charge in [-0.25, -0.2) is 9.37 Å². The van der Waals surface area contributed by atoms with Gasteiger partial charge in [0.1, 0.15) is 11.4 Å². The van der Waals surface area contributed by atoms with Gasteiger partial charge in [-0.1, -0.05) is 13.8 Å². The predicted octanol–water partition coefficient (Wildman–Crippen LogP) is 4.63. The van der Waals surface area contributed by atoms with Gasteiger partial charge < -0.3 is 15.2 Å². The molecular formula is C19H22FN3O2S. The molecule has 138 valence electrons. The Hall–Kier alpha value is -2.41. The second-order valence-corrected chi connectivity index (χ2v) is 7.67. The van der Waals surface area contributed by atoms with Crippen molar-refractivity contribution in [3.05, 3.63) is 36.4 Å². The molecule has 0 unspecified atom stereocenters. The van der Waals surface area contributed by atoms with E-state index < -0.39 is 5.82 Å². The lowest BCUT2D eigenvalue weighted by molar-refractivity contribution is 0.332. The van der Waals surface area contributed by atoms with Crippen LogP contribution in [-0.2, 0) is 0 Å². The number of anilines is 1. The van der Waals surface area contributed by atoms with Gasteiger partial charge in [-0.3, -0.25) is 4.40 Å². The standard InChI is InChI=1S/C19H22FN3O2S/c1-5-25-16-8-18-22-9-15(23(18)10-17(16)26-11(2)3)12-6-13(20)19(24-4)14(21)7-12/h6-11H,5,21H2,1-4H3. The molecule has 26 heavy (non-hydrogen) atoms. The number of rotatable bonds is 6. The summed E-state index contributed by atoms with van der Waals surface area (Å²) in [4.78, 5) is 5.45. The van der Waals surface area contributed by atoms with Crippen LogP contribution in [0.5, 0.6) is 11.5 Å². The van der Waals surface area contributed by atoms with E-state index in [4.69, 9.17) is 15.2 Å². The van der Waals surface area contributed by atoms with Crippen LogP contribution in [-0.4, -0.2) is 28.4 Å². The molecular weight excluding hydrogens is 353 g/mol. The van der Waals surface area contributed by atoms with E-state index in [9.17, 15) is 4.39 Å². The maximum absolute atomic E-state index is 14.3. The van der Waals surface area contributed by atoms with Crippen LogP contribution in [0.4, 0.5) is 10.1 Å². The molecule has 0 saturated carbocycles. The number of nitrogens with two attached hydrogens (primary N) is 1. The fraction of sp³-hybridized carbons (Fsp3) is 0.316. The van der Waals surface area contributed by atoms with Gasteiger partial charge >= 0.3 is 0 Å². The molecule has 2 heterocycles. The zero-order valence-electron chi connectivity index (χ0n) is 15.2. The Bertz CT molecular complexity index is 917. The summed E-state index contributed by atoms with van der Waals surface area (Å²) >= 11 is 1.71. The van der Waals surface area contributed by atoms with Crippen LogP contribution in [0.25, 0.3) is 16.9 Å². The number of pyridine rings is 1. The number of halogens is 1. The van der Waals surface area contributed by atoms with Crippen LogP contribution < -0.4 is 15.2 Å². The summed E-state index contributed by atoms with van der Waals surface area (Å²) in [6.07, 6.45) is 3.68. The smallest absolute Gasteiger partial charge is 0.177 e. The third-order valence-electron chi connectivity index (χ3n) is 3.81. The number of methoxy groups -OCH3 is 1. The second kappa shape index (κ2) is 7.45. The predicted molar refractivity (Wildman–Crippen MR) is 104 cm³/mol. The first kappa shape index (κ1) is 18.4. The first-order valence-electron chi connectivity index (χ1n) is 8.38. The molecule has 0 aliphatic heterocycles. The van der Waals surface area contributed by atoms with Crippen molar-refractivity contribution in [3.8, 4) is 22.8 Å². The summed E-state index contributed by atoms with van der Waals surface area (Å²) in [6, 6.07) is 5.00. The molecule has 0 saturated heterocycles. The number of hydrogen-bond donors (Lipinski definition) is 1. The lowest BCUT2D eigenvalue weighted by Crippen LogP contribution is -2.00. The van der Waals surface area contributed by atoms with E-state index in [2.05, 4.69) is 18.8 Å². The van der Waals surface area contributed by atoms with E-state index in [-0.39, 0.29) is 11.4 Å². The molecule has 0 amide bonds. The van der Waals surface area contributed by atoms with Crippen LogP contribution in [0, 0.1) is 5.82 Å². The number of ether oxygens (including phenoxy) is 2. The third kappa shape index (κ3) is 3.44. The molecule has 2 aromatic heterocycles. The highest BCUT2D eigenvalue weighted by molar-refractivity contribution is 8.00. The fourth-order valence-electron chi connectivity index (χ4n) is 2.79. The van der Waals surface area contributed by atoms with Crippen molar-refractivity contribution >= 4 is 23.1 Å². The zero-order chi connectivity index (χ0) is 18.8. The van der Waals surface area contributed by atoms with Crippen molar-refractivity contribution in [1.29, 1.82) is 0 Å². The van der Waals surface area contributed by atoms with E-state index in [1.807, 2.05) is 23.6 Å². The van der Waals surface area contributed by atoms with E-state index in [1.165, 1.54) is 13.2 Å². The minimum Gasteiger partial charge on any atom is -0.493 e. The highest BCUT2D eigenvalue weighted by atomic mass is 32.2. The molecule has 7 heteroatoms. The monoisotopic (exact) mass is 375 g/mol. The van der Waals surface area contributed by atoms with Gasteiger partial charge in [0, 0.05) is 23.1 Å². The Kier molecular flexibility index (Phi) is 5.27. The summed E-state index contributed by atoms with van der Waals surface area (Å²) in [6.45, 7) is 6.78. The molecule has 0 atom stereocenters. The largest absolute Gasteiger partial charge is 0.493 e. The number of benzene rings is 1. The average Bonchev–Trinajstić information content (AvgIpc) is 2.97. The molecule has 3 aromatic rings. The van der Waals surface area contributed by atoms with E-state index in [1.54, 1.807) is 24.0 Å². The molecule has 0 aliphatic carbocycles. The quantitative estimate of drug-likeness (QED) is 0.503. The van der Waals surface area contributed by atoms with Crippen LogP contribution >= 0.6 is 11.8 Å². The van der Waals surface area contributed by atoms with E-state index >= 15 is 0 Å². The van der Waals surface area contributed by atoms with Gasteiger partial charge in [0.15, 0.2) is 11.6 Å². The molecule has 5 nitrogen and oxygen atoms in total. The molecule has 1 aromatic carbocycles. The fourth-order valence-corrected chi connectivity index (χ4v) is 3.70. The molecule has 0 spiro atoms. The van der Waals surface area contributed by atoms with Gasteiger partial charge in [-0.2, -0.15) is 0 Å². The average molecular weight is 375 g/mol. The number of aromatic nitrogens is 2. The Morgan fingerprint density at radius 1 is 1.31 bits per heavy atom. The van der Waals surface area contributed by atoms with E-state index in [0.29, 0.717) is 17.4 Å². The minimum atomic E-state index is -0.500. The Labute approximate surface area is 156 Å². The lowest BCUT2D eigenvalue weighted by atomic mass is 10.1. The van der Waals surface area contributed by atoms with Gasteiger partial charge in [-0.15, -0.1) is 11.8 Å². The summed E-state index contributed by atoms with van der Waals surface area (Å²) < 4.78 is 26.9. The van der Waals surface area contributed by atoms with Crippen LogP contribution in [0.3, 0.4) is 0 Å². The Balaban J connectivity index is 2.16. The summed E-state index contributed by atoms with van der Waals surface area (Å²) in [5.41, 5.74) is 8.29. The van der Waals surface area contributed by atoms with E-state index in [0.717, 1.165) is 22.0 Å². The van der Waals surface area contributed by atoms with Crippen molar-refractivity contribution in [3.63, 3.8) is 0 Å². The Morgan fingerprint density at radius 2 is 2.08 bits per heavy atom. The second-order valence-electron chi connectivity index (χ2n) is 6.05. The van der Waals surface area contributed by atoms with Crippen molar-refractivity contribution in [2.24, 2.45) is 0 Å². The van der Waals surface area contributed by atoms with Crippen molar-refractivity contribution in [2.45, 2.75) is 30.9 Å². The molecule has 0 bridgehead atoms. The number of fused-ring (bicyclic) bond motifs is 1. The topological polar surface area (TPSA) is 61.8 Å². The number of nitrogen functional groups attached to an aromatic ring is 1. The van der Waals surface area contributed by atoms with Gasteiger partial charge in [-0.05, 0) is 19.1 Å². The van der Waals surface area contributed by atoms with Crippen molar-refractivity contribution < 1.29 is 13.9 Å². The first-order valence-corrected chi connectivity index (χ1v) is 9.26. The number of thioether (sulfide) groups is 1. The maximum Gasteiger partial charge on any atom is 0.177 e. The van der Waals surface area contributed by atoms with Crippen molar-refractivity contribution in [2.75, 3.05) is 19.5 Å². The SMILES string of the molecule is CCOc1cc2ncc(-c3cc(N)c(OC)c(F)c3)n2cc1SC(C)C. The molecule has 0 radical (unpaired) electrons. The molecule has 2 N–H and O–H groups in total. The minimum absolute atomic E-state index is 0.0530. The van der Waals surface area contributed by atoms with Gasteiger partial charge in [0.25, 0.3) is 0 Å².